The van der Waals surface area contributed by atoms with E-state index in [1.807, 2.05) is 0 Å². The highest BCUT2D eigenvalue weighted by atomic mass is 16.6. The minimum atomic E-state index is -0.783. The first-order valence-corrected chi connectivity index (χ1v) is 28.9. The van der Waals surface area contributed by atoms with Crippen molar-refractivity contribution in [2.75, 3.05) is 13.2 Å². The highest BCUT2D eigenvalue weighted by molar-refractivity contribution is 5.71. The van der Waals surface area contributed by atoms with Crippen LogP contribution in [-0.4, -0.2) is 37.2 Å². The molecule has 0 N–H and O–H groups in total. The lowest BCUT2D eigenvalue weighted by Gasteiger charge is -2.18. The molecule has 0 aliphatic carbocycles. The number of hydrogen-bond donors (Lipinski definition) is 0. The van der Waals surface area contributed by atoms with E-state index in [0.717, 1.165) is 103 Å². The minimum Gasteiger partial charge on any atom is -0.462 e. The molecular formula is C62H108O6. The average molecular weight is 950 g/mol. The molecule has 0 rings (SSSR count). The summed E-state index contributed by atoms with van der Waals surface area (Å²) in [5.41, 5.74) is 0. The molecule has 0 bridgehead atoms. The third-order valence-corrected chi connectivity index (χ3v) is 12.4. The number of ether oxygens (including phenoxy) is 3. The Morgan fingerprint density at radius 1 is 0.309 bits per heavy atom. The molecule has 0 aliphatic heterocycles. The Labute approximate surface area is 421 Å². The lowest BCUT2D eigenvalue weighted by Crippen LogP contribution is -2.30. The predicted molar refractivity (Wildman–Crippen MR) is 293 cm³/mol. The van der Waals surface area contributed by atoms with Crippen LogP contribution in [0.3, 0.4) is 0 Å². The van der Waals surface area contributed by atoms with Crippen molar-refractivity contribution in [1.29, 1.82) is 0 Å². The Balaban J connectivity index is 4.32. The van der Waals surface area contributed by atoms with Crippen molar-refractivity contribution in [3.63, 3.8) is 0 Å². The molecule has 6 heteroatoms. The Hall–Kier alpha value is -3.15. The molecule has 1 unspecified atom stereocenters. The Bertz CT molecular complexity index is 1270. The molecule has 0 aliphatic rings. The van der Waals surface area contributed by atoms with Crippen molar-refractivity contribution in [3.8, 4) is 0 Å². The lowest BCUT2D eigenvalue weighted by atomic mass is 10.1. The van der Waals surface area contributed by atoms with E-state index < -0.39 is 6.10 Å². The van der Waals surface area contributed by atoms with Crippen LogP contribution < -0.4 is 0 Å². The third-order valence-electron chi connectivity index (χ3n) is 12.4. The van der Waals surface area contributed by atoms with Crippen molar-refractivity contribution >= 4 is 17.9 Å². The van der Waals surface area contributed by atoms with Gasteiger partial charge in [0.15, 0.2) is 6.10 Å². The van der Waals surface area contributed by atoms with Gasteiger partial charge in [0.2, 0.25) is 0 Å². The van der Waals surface area contributed by atoms with Gasteiger partial charge in [-0.1, -0.05) is 248 Å². The molecule has 0 radical (unpaired) electrons. The summed E-state index contributed by atoms with van der Waals surface area (Å²) in [5.74, 6) is -0.892. The Morgan fingerprint density at radius 2 is 0.574 bits per heavy atom. The molecule has 68 heavy (non-hydrogen) atoms. The van der Waals surface area contributed by atoms with Gasteiger partial charge in [0.05, 0.1) is 0 Å². The Kier molecular flexibility index (Phi) is 53.8. The number of rotatable bonds is 52. The summed E-state index contributed by atoms with van der Waals surface area (Å²) in [6.07, 6.45) is 71.8. The molecule has 0 fully saturated rings. The van der Waals surface area contributed by atoms with E-state index in [0.29, 0.717) is 19.3 Å². The minimum absolute atomic E-state index is 0.0808. The molecule has 0 aromatic rings. The van der Waals surface area contributed by atoms with Crippen LogP contribution in [0.1, 0.15) is 284 Å². The summed E-state index contributed by atoms with van der Waals surface area (Å²) >= 11 is 0. The molecule has 0 aromatic carbocycles. The van der Waals surface area contributed by atoms with E-state index >= 15 is 0 Å². The van der Waals surface area contributed by atoms with Crippen molar-refractivity contribution in [2.45, 2.75) is 290 Å². The first-order valence-electron chi connectivity index (χ1n) is 28.9. The van der Waals surface area contributed by atoms with Crippen LogP contribution >= 0.6 is 0 Å². The standard InChI is InChI=1S/C62H108O6/c1-4-7-10-13-16-19-22-24-26-28-30-31-33-34-36-38-40-43-46-49-52-55-61(64)67-58-59(57-66-60(63)54-51-48-45-42-21-18-15-12-9-6-3)68-62(65)56-53-50-47-44-41-39-37-35-32-29-27-25-23-20-17-14-11-8-5-2/h8,11,17,20,22,24-25,27-28,30,32,35,59H,4-7,9-10,12-16,18-19,21,23,26,29,31,33-34,36-58H2,1-3H3/b11-8-,20-17-,24-22-,27-25-,30-28-,35-32-. The Morgan fingerprint density at radius 3 is 0.897 bits per heavy atom. The van der Waals surface area contributed by atoms with Gasteiger partial charge in [0.25, 0.3) is 0 Å². The molecule has 0 saturated heterocycles. The normalized spacial score (nSPS) is 12.6. The smallest absolute Gasteiger partial charge is 0.306 e. The van der Waals surface area contributed by atoms with E-state index in [-0.39, 0.29) is 31.1 Å². The van der Waals surface area contributed by atoms with E-state index in [4.69, 9.17) is 14.2 Å². The van der Waals surface area contributed by atoms with Crippen LogP contribution in [0.2, 0.25) is 0 Å². The first-order chi connectivity index (χ1) is 33.5. The molecule has 6 nitrogen and oxygen atoms in total. The van der Waals surface area contributed by atoms with Gasteiger partial charge in [-0.25, -0.2) is 0 Å². The zero-order valence-electron chi connectivity index (χ0n) is 44.9. The second-order valence-corrected chi connectivity index (χ2v) is 19.2. The molecule has 1 atom stereocenters. The molecule has 0 amide bonds. The summed E-state index contributed by atoms with van der Waals surface area (Å²) in [5, 5.41) is 0. The van der Waals surface area contributed by atoms with Crippen LogP contribution in [0.4, 0.5) is 0 Å². The fraction of sp³-hybridized carbons (Fsp3) is 0.758. The van der Waals surface area contributed by atoms with Gasteiger partial charge in [-0.3, -0.25) is 14.4 Å². The van der Waals surface area contributed by atoms with Gasteiger partial charge in [-0.2, -0.15) is 0 Å². The van der Waals surface area contributed by atoms with E-state index in [1.54, 1.807) is 0 Å². The topological polar surface area (TPSA) is 78.9 Å². The number of carbonyl (C=O) groups excluding carboxylic acids is 3. The third kappa shape index (κ3) is 53.8. The average Bonchev–Trinajstić information content (AvgIpc) is 3.34. The van der Waals surface area contributed by atoms with E-state index in [1.165, 1.54) is 141 Å². The quantitative estimate of drug-likeness (QED) is 0.0262. The highest BCUT2D eigenvalue weighted by Crippen LogP contribution is 2.15. The summed E-state index contributed by atoms with van der Waals surface area (Å²) < 4.78 is 16.8. The van der Waals surface area contributed by atoms with Crippen molar-refractivity contribution in [1.82, 2.24) is 0 Å². The zero-order chi connectivity index (χ0) is 49.3. The summed E-state index contributed by atoms with van der Waals surface area (Å²) in [7, 11) is 0. The maximum atomic E-state index is 12.8. The van der Waals surface area contributed by atoms with Crippen molar-refractivity contribution in [2.24, 2.45) is 0 Å². The van der Waals surface area contributed by atoms with Crippen LogP contribution in [0.5, 0.6) is 0 Å². The van der Waals surface area contributed by atoms with Gasteiger partial charge in [-0.15, -0.1) is 0 Å². The number of unbranched alkanes of at least 4 members (excludes halogenated alkanes) is 29. The molecule has 0 spiro atoms. The zero-order valence-corrected chi connectivity index (χ0v) is 44.9. The van der Waals surface area contributed by atoms with Gasteiger partial charge >= 0.3 is 17.9 Å². The van der Waals surface area contributed by atoms with E-state index in [9.17, 15) is 14.4 Å². The molecule has 0 saturated carbocycles. The lowest BCUT2D eigenvalue weighted by molar-refractivity contribution is -0.167. The number of carbonyl (C=O) groups is 3. The fourth-order valence-electron chi connectivity index (χ4n) is 8.11. The van der Waals surface area contributed by atoms with Crippen LogP contribution in [0.25, 0.3) is 0 Å². The fourth-order valence-corrected chi connectivity index (χ4v) is 8.11. The van der Waals surface area contributed by atoms with Gasteiger partial charge in [-0.05, 0) is 89.9 Å². The van der Waals surface area contributed by atoms with Crippen molar-refractivity contribution < 1.29 is 28.6 Å². The second kappa shape index (κ2) is 56.4. The van der Waals surface area contributed by atoms with Gasteiger partial charge in [0.1, 0.15) is 13.2 Å². The predicted octanol–water partition coefficient (Wildman–Crippen LogP) is 19.4. The maximum absolute atomic E-state index is 12.8. The van der Waals surface area contributed by atoms with Gasteiger partial charge < -0.3 is 14.2 Å². The number of allylic oxidation sites excluding steroid dienone is 12. The summed E-state index contributed by atoms with van der Waals surface area (Å²) in [6.45, 7) is 6.51. The highest BCUT2D eigenvalue weighted by Gasteiger charge is 2.19. The number of esters is 3. The monoisotopic (exact) mass is 949 g/mol. The van der Waals surface area contributed by atoms with Crippen molar-refractivity contribution in [3.05, 3.63) is 72.9 Å². The summed E-state index contributed by atoms with van der Waals surface area (Å²) in [6, 6.07) is 0. The SMILES string of the molecule is CC/C=C\C/C=C\C/C=C\C/C=C\CCCCCCCCC(=O)OC(COC(=O)CCCCCCCCCCCC)COC(=O)CCCCCCCCCCC/C=C\C/C=C\CCCCCCC. The molecular weight excluding hydrogens is 841 g/mol. The largest absolute Gasteiger partial charge is 0.462 e. The maximum Gasteiger partial charge on any atom is 0.306 e. The van der Waals surface area contributed by atoms with Crippen LogP contribution in [-0.2, 0) is 28.6 Å². The summed E-state index contributed by atoms with van der Waals surface area (Å²) in [4.78, 5) is 38.1. The molecule has 392 valence electrons. The molecule has 0 heterocycles. The van der Waals surface area contributed by atoms with Crippen LogP contribution in [0.15, 0.2) is 72.9 Å². The molecule has 0 aromatic heterocycles. The van der Waals surface area contributed by atoms with Crippen LogP contribution in [0, 0.1) is 0 Å². The number of hydrogen-bond acceptors (Lipinski definition) is 6. The van der Waals surface area contributed by atoms with E-state index in [2.05, 4.69) is 93.7 Å². The second-order valence-electron chi connectivity index (χ2n) is 19.2. The van der Waals surface area contributed by atoms with Gasteiger partial charge in [0, 0.05) is 19.3 Å². The first kappa shape index (κ1) is 64.8.